The largest absolute Gasteiger partial charge is 0.356 e. The molecule has 0 radical (unpaired) electrons. The summed E-state index contributed by atoms with van der Waals surface area (Å²) in [4.78, 5) is 14.9. The fourth-order valence-electron chi connectivity index (χ4n) is 4.24. The van der Waals surface area contributed by atoms with Crippen molar-refractivity contribution in [1.29, 1.82) is 0 Å². The minimum Gasteiger partial charge on any atom is -0.356 e. The van der Waals surface area contributed by atoms with Gasteiger partial charge in [-0.15, -0.1) is 0 Å². The van der Waals surface area contributed by atoms with Crippen LogP contribution in [-0.4, -0.2) is 68.0 Å². The first-order chi connectivity index (χ1) is 12.5. The molecule has 0 spiro atoms. The molecule has 2 heterocycles. The SMILES string of the molecule is CCCS(=O)(=O)N1CCC(C(=O)NCCCN2CCCCC2CC)CC1. The molecule has 1 N–H and O–H groups in total. The smallest absolute Gasteiger partial charge is 0.223 e. The van der Waals surface area contributed by atoms with E-state index in [-0.39, 0.29) is 17.6 Å². The zero-order chi connectivity index (χ0) is 19.0. The summed E-state index contributed by atoms with van der Waals surface area (Å²) in [6, 6.07) is 0.717. The van der Waals surface area contributed by atoms with Gasteiger partial charge in [-0.3, -0.25) is 4.79 Å². The molecule has 2 rings (SSSR count). The average Bonchev–Trinajstić information content (AvgIpc) is 2.65. The quantitative estimate of drug-likeness (QED) is 0.616. The van der Waals surface area contributed by atoms with E-state index in [2.05, 4.69) is 17.1 Å². The van der Waals surface area contributed by atoms with E-state index in [9.17, 15) is 13.2 Å². The highest BCUT2D eigenvalue weighted by atomic mass is 32.2. The predicted octanol–water partition coefficient (Wildman–Crippen LogP) is 2.21. The van der Waals surface area contributed by atoms with Gasteiger partial charge in [-0.1, -0.05) is 20.3 Å². The van der Waals surface area contributed by atoms with Gasteiger partial charge >= 0.3 is 0 Å². The monoisotopic (exact) mass is 387 g/mol. The Morgan fingerprint density at radius 3 is 2.46 bits per heavy atom. The van der Waals surface area contributed by atoms with Crippen LogP contribution in [0.25, 0.3) is 0 Å². The molecule has 0 bridgehead atoms. The van der Waals surface area contributed by atoms with Crippen LogP contribution >= 0.6 is 0 Å². The number of hydrogen-bond acceptors (Lipinski definition) is 4. The fourth-order valence-corrected chi connectivity index (χ4v) is 5.78. The summed E-state index contributed by atoms with van der Waals surface area (Å²) >= 11 is 0. The number of amides is 1. The van der Waals surface area contributed by atoms with Gasteiger partial charge in [0, 0.05) is 38.1 Å². The Hall–Kier alpha value is -0.660. The number of likely N-dealkylation sites (tertiary alicyclic amines) is 1. The van der Waals surface area contributed by atoms with E-state index in [1.807, 2.05) is 6.92 Å². The molecule has 0 aromatic rings. The molecule has 152 valence electrons. The molecule has 0 aromatic carbocycles. The summed E-state index contributed by atoms with van der Waals surface area (Å²) in [5.41, 5.74) is 0. The van der Waals surface area contributed by atoms with Crippen LogP contribution < -0.4 is 5.32 Å². The first kappa shape index (κ1) is 21.6. The number of nitrogens with one attached hydrogen (secondary N) is 1. The number of piperidine rings is 2. The number of rotatable bonds is 9. The van der Waals surface area contributed by atoms with Gasteiger partial charge in [0.2, 0.25) is 15.9 Å². The number of carbonyl (C=O) groups excluding carboxylic acids is 1. The van der Waals surface area contributed by atoms with Crippen LogP contribution in [0, 0.1) is 5.92 Å². The van der Waals surface area contributed by atoms with Crippen LogP contribution in [0.5, 0.6) is 0 Å². The van der Waals surface area contributed by atoms with E-state index >= 15 is 0 Å². The Kier molecular flexibility index (Phi) is 8.84. The Balaban J connectivity index is 1.65. The van der Waals surface area contributed by atoms with Crippen LogP contribution in [0.1, 0.15) is 65.2 Å². The van der Waals surface area contributed by atoms with Crippen molar-refractivity contribution < 1.29 is 13.2 Å². The third-order valence-electron chi connectivity index (χ3n) is 5.82. The van der Waals surface area contributed by atoms with Crippen LogP contribution in [0.3, 0.4) is 0 Å². The highest BCUT2D eigenvalue weighted by molar-refractivity contribution is 7.89. The second-order valence-corrected chi connectivity index (χ2v) is 9.82. The van der Waals surface area contributed by atoms with E-state index in [4.69, 9.17) is 0 Å². The van der Waals surface area contributed by atoms with Crippen molar-refractivity contribution in [1.82, 2.24) is 14.5 Å². The third kappa shape index (κ3) is 6.20. The highest BCUT2D eigenvalue weighted by Gasteiger charge is 2.30. The number of nitrogens with zero attached hydrogens (tertiary/aromatic N) is 2. The van der Waals surface area contributed by atoms with Crippen molar-refractivity contribution in [2.24, 2.45) is 5.92 Å². The molecule has 2 aliphatic rings. The lowest BCUT2D eigenvalue weighted by Gasteiger charge is -2.35. The van der Waals surface area contributed by atoms with Gasteiger partial charge in [0.05, 0.1) is 5.75 Å². The average molecular weight is 388 g/mol. The minimum atomic E-state index is -3.13. The molecule has 0 saturated carbocycles. The van der Waals surface area contributed by atoms with Gasteiger partial charge in [0.15, 0.2) is 0 Å². The van der Waals surface area contributed by atoms with Crippen molar-refractivity contribution in [3.8, 4) is 0 Å². The van der Waals surface area contributed by atoms with Gasteiger partial charge in [-0.05, 0) is 51.5 Å². The predicted molar refractivity (Wildman–Crippen MR) is 106 cm³/mol. The van der Waals surface area contributed by atoms with Crippen LogP contribution in [0.4, 0.5) is 0 Å². The van der Waals surface area contributed by atoms with Crippen LogP contribution in [0.2, 0.25) is 0 Å². The Bertz CT molecular complexity index is 530. The number of sulfonamides is 1. The van der Waals surface area contributed by atoms with Crippen molar-refractivity contribution in [2.75, 3.05) is 38.5 Å². The fraction of sp³-hybridized carbons (Fsp3) is 0.947. The molecule has 0 aliphatic carbocycles. The summed E-state index contributed by atoms with van der Waals surface area (Å²) in [7, 11) is -3.13. The van der Waals surface area contributed by atoms with Gasteiger partial charge in [-0.25, -0.2) is 12.7 Å². The van der Waals surface area contributed by atoms with Crippen molar-refractivity contribution in [2.45, 2.75) is 71.3 Å². The number of carbonyl (C=O) groups is 1. The molecular weight excluding hydrogens is 350 g/mol. The molecule has 2 fully saturated rings. The van der Waals surface area contributed by atoms with Gasteiger partial charge in [-0.2, -0.15) is 0 Å². The summed E-state index contributed by atoms with van der Waals surface area (Å²) in [5.74, 6) is 0.267. The molecule has 7 heteroatoms. The Morgan fingerprint density at radius 1 is 1.08 bits per heavy atom. The van der Waals surface area contributed by atoms with Crippen molar-refractivity contribution in [3.05, 3.63) is 0 Å². The molecule has 2 aliphatic heterocycles. The first-order valence-corrected chi connectivity index (χ1v) is 12.1. The molecule has 26 heavy (non-hydrogen) atoms. The summed E-state index contributed by atoms with van der Waals surface area (Å²) in [5, 5.41) is 3.07. The van der Waals surface area contributed by atoms with Crippen LogP contribution in [0.15, 0.2) is 0 Å². The third-order valence-corrected chi connectivity index (χ3v) is 7.90. The lowest BCUT2D eigenvalue weighted by molar-refractivity contribution is -0.126. The van der Waals surface area contributed by atoms with E-state index in [0.717, 1.165) is 19.5 Å². The standard InChI is InChI=1S/C19H37N3O3S/c1-3-16-26(24,25)22-14-9-17(10-15-22)19(23)20-11-7-13-21-12-6-5-8-18(21)4-2/h17-18H,3-16H2,1-2H3,(H,20,23). The van der Waals surface area contributed by atoms with E-state index in [1.165, 1.54) is 32.2 Å². The normalized spacial score (nSPS) is 23.8. The summed E-state index contributed by atoms with van der Waals surface area (Å²) in [6.07, 6.45) is 8.07. The molecule has 2 saturated heterocycles. The topological polar surface area (TPSA) is 69.7 Å². The van der Waals surface area contributed by atoms with Crippen molar-refractivity contribution in [3.63, 3.8) is 0 Å². The van der Waals surface area contributed by atoms with Crippen molar-refractivity contribution >= 4 is 15.9 Å². The molecule has 6 nitrogen and oxygen atoms in total. The maximum atomic E-state index is 12.4. The zero-order valence-electron chi connectivity index (χ0n) is 16.6. The molecular formula is C19H37N3O3S. The second kappa shape index (κ2) is 10.6. The Morgan fingerprint density at radius 2 is 1.81 bits per heavy atom. The Labute approximate surface area is 159 Å². The maximum Gasteiger partial charge on any atom is 0.223 e. The van der Waals surface area contributed by atoms with E-state index in [0.29, 0.717) is 38.4 Å². The first-order valence-electron chi connectivity index (χ1n) is 10.5. The molecule has 1 amide bonds. The van der Waals surface area contributed by atoms with E-state index < -0.39 is 10.0 Å². The van der Waals surface area contributed by atoms with Crippen LogP contribution in [-0.2, 0) is 14.8 Å². The molecule has 1 unspecified atom stereocenters. The zero-order valence-corrected chi connectivity index (χ0v) is 17.4. The van der Waals surface area contributed by atoms with E-state index in [1.54, 1.807) is 4.31 Å². The lowest BCUT2D eigenvalue weighted by atomic mass is 9.97. The highest BCUT2D eigenvalue weighted by Crippen LogP contribution is 2.21. The summed E-state index contributed by atoms with van der Waals surface area (Å²) in [6.45, 7) is 8.07. The maximum absolute atomic E-state index is 12.4. The molecule has 1 atom stereocenters. The van der Waals surface area contributed by atoms with Gasteiger partial charge in [0.25, 0.3) is 0 Å². The minimum absolute atomic E-state index is 0.0403. The summed E-state index contributed by atoms with van der Waals surface area (Å²) < 4.78 is 25.7. The molecule has 0 aromatic heterocycles. The lowest BCUT2D eigenvalue weighted by Crippen LogP contribution is -2.44. The van der Waals surface area contributed by atoms with Gasteiger partial charge < -0.3 is 10.2 Å². The number of hydrogen-bond donors (Lipinski definition) is 1. The second-order valence-electron chi connectivity index (χ2n) is 7.73. The van der Waals surface area contributed by atoms with Gasteiger partial charge in [0.1, 0.15) is 0 Å².